The molecule has 16 nitrogen and oxygen atoms in total. The molecular formula is C47H56ClF2N9O7. The molecule has 3 saturated heterocycles. The van der Waals surface area contributed by atoms with Gasteiger partial charge in [-0.1, -0.05) is 39.8 Å². The number of fused-ring (bicyclic) bond motifs is 2. The maximum atomic E-state index is 13.8. The van der Waals surface area contributed by atoms with Crippen molar-refractivity contribution in [3.63, 3.8) is 0 Å². The number of alkyl carbamates (subject to hydrolysis) is 2. The maximum Gasteiger partial charge on any atom is 0.487 e. The number of aromatic amines is 2. The average molecular weight is 932 g/mol. The Labute approximate surface area is 386 Å². The van der Waals surface area contributed by atoms with Crippen molar-refractivity contribution in [1.29, 1.82) is 0 Å². The fourth-order valence-corrected chi connectivity index (χ4v) is 9.94. The molecule has 4 N–H and O–H groups in total. The molecule has 5 heterocycles. The second-order valence-electron chi connectivity index (χ2n) is 17.9. The molecule has 3 aliphatic rings. The van der Waals surface area contributed by atoms with Crippen LogP contribution in [-0.4, -0.2) is 98.7 Å². The van der Waals surface area contributed by atoms with Gasteiger partial charge in [-0.2, -0.15) is 0 Å². The minimum atomic E-state index is -3.87. The second-order valence-corrected chi connectivity index (χ2v) is 18.4. The third kappa shape index (κ3) is 9.55. The van der Waals surface area contributed by atoms with E-state index in [1.165, 1.54) is 26.4 Å². The van der Waals surface area contributed by atoms with E-state index >= 15 is 0 Å². The zero-order valence-corrected chi connectivity index (χ0v) is 38.5. The van der Waals surface area contributed by atoms with Gasteiger partial charge in [0.2, 0.25) is 11.8 Å². The van der Waals surface area contributed by atoms with Crippen molar-refractivity contribution < 1.29 is 42.2 Å². The fraction of sp³-hybridized carbons (Fsp3) is 0.489. The number of halogens is 3. The lowest BCUT2D eigenvalue weighted by molar-refractivity contribution is -0.136. The lowest BCUT2D eigenvalue weighted by Gasteiger charge is -2.33. The van der Waals surface area contributed by atoms with Crippen LogP contribution in [0.15, 0.2) is 60.7 Å². The lowest BCUT2D eigenvalue weighted by atomic mass is 10.0. The quantitative estimate of drug-likeness (QED) is 0.0832. The Hall–Kier alpha value is -6.17. The number of alkyl halides is 3. The van der Waals surface area contributed by atoms with Crippen LogP contribution in [0.25, 0.3) is 22.1 Å². The Balaban J connectivity index is 1.09. The fourth-order valence-electron chi connectivity index (χ4n) is 9.85. The third-order valence-corrected chi connectivity index (χ3v) is 13.1. The highest BCUT2D eigenvalue weighted by Gasteiger charge is 2.41. The SMILES string of the molecule is COC(=O)N[C@H](C(=O)N1CCC[C@H]1c1nc2cc([C@@H]3CC[C@@H](c4ccc5[nH]c([C@@H]6CCCN6C(=O)[C@@H](NC(=O)OC)C(C)C)nc5c4)N3c3ccc(OC(F)(F)Cl)cc3)ccc2[nH]1)C(C)C. The highest BCUT2D eigenvalue weighted by atomic mass is 35.5. The summed E-state index contributed by atoms with van der Waals surface area (Å²) in [5.74, 6) is 0.527. The summed E-state index contributed by atoms with van der Waals surface area (Å²) in [4.78, 5) is 74.8. The zero-order chi connectivity index (χ0) is 47.0. The van der Waals surface area contributed by atoms with Crippen molar-refractivity contribution >= 4 is 63.4 Å². The number of H-pyrrole nitrogens is 2. The van der Waals surface area contributed by atoms with Crippen LogP contribution < -0.4 is 20.3 Å². The van der Waals surface area contributed by atoms with E-state index in [9.17, 15) is 28.0 Å². The van der Waals surface area contributed by atoms with Gasteiger partial charge in [-0.3, -0.25) is 9.59 Å². The molecule has 2 aromatic heterocycles. The minimum Gasteiger partial charge on any atom is -0.453 e. The number of nitrogens with zero attached hydrogens (tertiary/aromatic N) is 5. The maximum absolute atomic E-state index is 13.8. The van der Waals surface area contributed by atoms with E-state index in [0.717, 1.165) is 64.6 Å². The highest BCUT2D eigenvalue weighted by Crippen LogP contribution is 2.48. The summed E-state index contributed by atoms with van der Waals surface area (Å²) >= 11 is 5.11. The molecule has 8 rings (SSSR count). The van der Waals surface area contributed by atoms with Crippen LogP contribution in [0.5, 0.6) is 5.75 Å². The van der Waals surface area contributed by atoms with Crippen LogP contribution in [0.4, 0.5) is 24.1 Å². The van der Waals surface area contributed by atoms with Gasteiger partial charge in [0.25, 0.3) is 0 Å². The van der Waals surface area contributed by atoms with Crippen molar-refractivity contribution in [3.8, 4) is 5.75 Å². The topological polar surface area (TPSA) is 187 Å². The van der Waals surface area contributed by atoms with Crippen molar-refractivity contribution in [2.24, 2.45) is 11.8 Å². The molecule has 5 aromatic rings. The second kappa shape index (κ2) is 19.0. The number of imidazole rings is 2. The molecule has 4 amide bonds. The molecule has 3 aliphatic heterocycles. The van der Waals surface area contributed by atoms with E-state index in [1.54, 1.807) is 21.9 Å². The first-order chi connectivity index (χ1) is 31.5. The van der Waals surface area contributed by atoms with Crippen LogP contribution in [0.2, 0.25) is 0 Å². The van der Waals surface area contributed by atoms with Gasteiger partial charge >= 0.3 is 17.8 Å². The van der Waals surface area contributed by atoms with E-state index in [-0.39, 0.29) is 53.6 Å². The Morgan fingerprint density at radius 2 is 1.12 bits per heavy atom. The number of hydrogen-bond acceptors (Lipinski definition) is 10. The van der Waals surface area contributed by atoms with Gasteiger partial charge in [-0.25, -0.2) is 19.6 Å². The summed E-state index contributed by atoms with van der Waals surface area (Å²) in [6.07, 6.45) is 3.16. The van der Waals surface area contributed by atoms with Crippen molar-refractivity contribution in [3.05, 3.63) is 83.4 Å². The molecule has 3 fully saturated rings. The molecule has 66 heavy (non-hydrogen) atoms. The molecule has 19 heteroatoms. The van der Waals surface area contributed by atoms with E-state index in [1.807, 2.05) is 39.8 Å². The number of hydrogen-bond donors (Lipinski definition) is 4. The molecule has 6 atom stereocenters. The number of carbonyl (C=O) groups is 4. The number of anilines is 1. The van der Waals surface area contributed by atoms with Gasteiger partial charge in [0.05, 0.1) is 60.5 Å². The van der Waals surface area contributed by atoms with Gasteiger partial charge in [-0.15, -0.1) is 8.78 Å². The summed E-state index contributed by atoms with van der Waals surface area (Å²) in [5.41, 5.74) is 1.99. The zero-order valence-electron chi connectivity index (χ0n) is 37.8. The highest BCUT2D eigenvalue weighted by molar-refractivity contribution is 6.20. The van der Waals surface area contributed by atoms with Gasteiger partial charge in [0.15, 0.2) is 0 Å². The van der Waals surface area contributed by atoms with Crippen LogP contribution in [0.3, 0.4) is 0 Å². The Morgan fingerprint density at radius 3 is 1.52 bits per heavy atom. The first-order valence-electron chi connectivity index (χ1n) is 22.5. The minimum absolute atomic E-state index is 0.0811. The number of ether oxygens (including phenoxy) is 3. The summed E-state index contributed by atoms with van der Waals surface area (Å²) in [6.45, 7) is 8.57. The smallest absolute Gasteiger partial charge is 0.453 e. The Kier molecular flexibility index (Phi) is 13.3. The molecule has 0 saturated carbocycles. The van der Waals surface area contributed by atoms with Gasteiger partial charge in [0, 0.05) is 30.4 Å². The summed E-state index contributed by atoms with van der Waals surface area (Å²) < 4.78 is 41.5. The largest absolute Gasteiger partial charge is 0.487 e. The van der Waals surface area contributed by atoms with E-state index < -0.39 is 29.8 Å². The molecule has 0 unspecified atom stereocenters. The number of rotatable bonds is 13. The standard InChI is InChI=1S/C47H56ClF2N9O7/c1-25(2)39(55-45(62)64-5)43(60)57-21-7-9-37(57)41-51-31-17-11-27(23-33(31)53-41)35-19-20-36(59(35)29-13-15-30(16-14-29)66-47(48,49)50)28-12-18-32-34(24-28)54-42(52-32)38-10-8-22-58(38)44(61)40(26(3)4)56-46(63)65-6/h11-18,23-26,35-40H,7-10,19-22H2,1-6H3,(H,51,53)(H,52,54)(H,55,62)(H,56,63)/t35-,36-,37-,38-,39-,40-/m0/s1. The predicted molar refractivity (Wildman–Crippen MR) is 243 cm³/mol. The monoisotopic (exact) mass is 931 g/mol. The third-order valence-electron chi connectivity index (χ3n) is 13.1. The molecule has 352 valence electrons. The number of amides is 4. The number of likely N-dealkylation sites (tertiary alicyclic amines) is 2. The van der Waals surface area contributed by atoms with Gasteiger partial charge in [0.1, 0.15) is 29.5 Å². The van der Waals surface area contributed by atoms with E-state index in [0.29, 0.717) is 37.6 Å². The van der Waals surface area contributed by atoms with E-state index in [2.05, 4.69) is 54.5 Å². The van der Waals surface area contributed by atoms with Crippen molar-refractivity contribution in [1.82, 2.24) is 40.4 Å². The number of aromatic nitrogens is 4. The summed E-state index contributed by atoms with van der Waals surface area (Å²) in [5, 5.41) is 5.40. The number of benzene rings is 3. The van der Waals surface area contributed by atoms with Crippen molar-refractivity contribution in [2.75, 3.05) is 32.2 Å². The number of nitrogens with one attached hydrogen (secondary N) is 4. The summed E-state index contributed by atoms with van der Waals surface area (Å²) in [7, 11) is 2.54. The summed E-state index contributed by atoms with van der Waals surface area (Å²) in [6, 6.07) is 16.2. The van der Waals surface area contributed by atoms with Gasteiger partial charge < -0.3 is 49.5 Å². The van der Waals surface area contributed by atoms with Crippen molar-refractivity contribution in [2.45, 2.75) is 108 Å². The molecule has 0 aliphatic carbocycles. The molecule has 0 spiro atoms. The lowest BCUT2D eigenvalue weighted by Crippen LogP contribution is -2.51. The van der Waals surface area contributed by atoms with Crippen LogP contribution >= 0.6 is 11.6 Å². The first-order valence-corrected chi connectivity index (χ1v) is 22.8. The van der Waals surface area contributed by atoms with Crippen LogP contribution in [0, 0.1) is 11.8 Å². The molecular weight excluding hydrogens is 876 g/mol. The molecule has 3 aromatic carbocycles. The van der Waals surface area contributed by atoms with E-state index in [4.69, 9.17) is 31.0 Å². The Bertz CT molecular complexity index is 2440. The first kappa shape index (κ1) is 46.4. The predicted octanol–water partition coefficient (Wildman–Crippen LogP) is 8.78. The Morgan fingerprint density at radius 1 is 0.682 bits per heavy atom. The molecule has 0 radical (unpaired) electrons. The van der Waals surface area contributed by atoms with Crippen LogP contribution in [0.1, 0.15) is 113 Å². The average Bonchev–Trinajstić information content (AvgIpc) is 4.14. The van der Waals surface area contributed by atoms with Crippen LogP contribution in [-0.2, 0) is 19.1 Å². The molecule has 0 bridgehead atoms. The van der Waals surface area contributed by atoms with Gasteiger partial charge in [-0.05, 0) is 110 Å². The number of carbonyl (C=O) groups excluding carboxylic acids is 4. The number of methoxy groups -OCH3 is 2. The normalized spacial score (nSPS) is 20.9.